The number of carbonyl (C=O) groups excluding carboxylic acids is 2. The SMILES string of the molecule is NC(=O)c1cccc(C(=O)Nc2ccc3ccn(Cc4ccc(CO)cc4)c3c2)c1. The van der Waals surface area contributed by atoms with Crippen LogP contribution in [0.1, 0.15) is 31.8 Å². The lowest BCUT2D eigenvalue weighted by Gasteiger charge is -2.09. The third-order valence-corrected chi connectivity index (χ3v) is 5.00. The molecule has 0 bridgehead atoms. The minimum atomic E-state index is -0.573. The number of anilines is 1. The molecular weight excluding hydrogens is 378 g/mol. The first-order valence-corrected chi connectivity index (χ1v) is 9.52. The van der Waals surface area contributed by atoms with Gasteiger partial charge >= 0.3 is 0 Å². The molecule has 1 aromatic heterocycles. The van der Waals surface area contributed by atoms with E-state index < -0.39 is 5.91 Å². The molecule has 6 nitrogen and oxygen atoms in total. The monoisotopic (exact) mass is 399 g/mol. The number of amides is 2. The molecule has 0 spiro atoms. The van der Waals surface area contributed by atoms with E-state index in [0.29, 0.717) is 23.4 Å². The Morgan fingerprint density at radius 3 is 2.37 bits per heavy atom. The summed E-state index contributed by atoms with van der Waals surface area (Å²) in [5.41, 5.74) is 9.59. The van der Waals surface area contributed by atoms with Crippen LogP contribution in [0, 0.1) is 0 Å². The number of rotatable bonds is 6. The van der Waals surface area contributed by atoms with Gasteiger partial charge < -0.3 is 20.7 Å². The van der Waals surface area contributed by atoms with Gasteiger partial charge in [-0.3, -0.25) is 9.59 Å². The Balaban J connectivity index is 1.57. The Morgan fingerprint density at radius 1 is 0.900 bits per heavy atom. The Labute approximate surface area is 173 Å². The number of hydrogen-bond acceptors (Lipinski definition) is 3. The summed E-state index contributed by atoms with van der Waals surface area (Å²) < 4.78 is 2.10. The van der Waals surface area contributed by atoms with Crippen molar-refractivity contribution in [2.45, 2.75) is 13.2 Å². The topological polar surface area (TPSA) is 97.4 Å². The molecule has 0 aliphatic heterocycles. The average molecular weight is 399 g/mol. The van der Waals surface area contributed by atoms with Crippen molar-refractivity contribution in [3.05, 3.63) is 101 Å². The number of primary amides is 1. The van der Waals surface area contributed by atoms with Gasteiger partial charge in [0.15, 0.2) is 0 Å². The minimum absolute atomic E-state index is 0.0259. The quantitative estimate of drug-likeness (QED) is 0.463. The number of nitrogens with zero attached hydrogens (tertiary/aromatic N) is 1. The predicted octanol–water partition coefficient (Wildman–Crippen LogP) is 3.53. The number of aliphatic hydroxyl groups is 1. The molecule has 0 radical (unpaired) electrons. The maximum Gasteiger partial charge on any atom is 0.255 e. The van der Waals surface area contributed by atoms with Gasteiger partial charge in [-0.05, 0) is 52.9 Å². The fraction of sp³-hybridized carbons (Fsp3) is 0.0833. The summed E-state index contributed by atoms with van der Waals surface area (Å²) in [5, 5.41) is 13.1. The van der Waals surface area contributed by atoms with E-state index in [2.05, 4.69) is 9.88 Å². The molecule has 3 aromatic carbocycles. The number of nitrogens with one attached hydrogen (secondary N) is 1. The van der Waals surface area contributed by atoms with Gasteiger partial charge in [0.1, 0.15) is 0 Å². The standard InChI is InChI=1S/C24H21N3O3/c25-23(29)19-2-1-3-20(12-19)24(30)26-21-9-8-18-10-11-27(22(18)13-21)14-16-4-6-17(15-28)7-5-16/h1-13,28H,14-15H2,(H2,25,29)(H,26,30). The lowest BCUT2D eigenvalue weighted by atomic mass is 10.1. The van der Waals surface area contributed by atoms with E-state index in [0.717, 1.165) is 22.0 Å². The number of carbonyl (C=O) groups is 2. The molecule has 0 aliphatic rings. The molecule has 2 amide bonds. The van der Waals surface area contributed by atoms with Crippen molar-refractivity contribution in [3.63, 3.8) is 0 Å². The molecule has 0 unspecified atom stereocenters. The van der Waals surface area contributed by atoms with E-state index in [9.17, 15) is 14.7 Å². The maximum atomic E-state index is 12.6. The second-order valence-electron chi connectivity index (χ2n) is 7.09. The van der Waals surface area contributed by atoms with Gasteiger partial charge in [-0.2, -0.15) is 0 Å². The number of fused-ring (bicyclic) bond motifs is 1. The Morgan fingerprint density at radius 2 is 1.63 bits per heavy atom. The summed E-state index contributed by atoms with van der Waals surface area (Å²) in [6.07, 6.45) is 2.01. The zero-order chi connectivity index (χ0) is 21.1. The van der Waals surface area contributed by atoms with E-state index in [1.165, 1.54) is 6.07 Å². The van der Waals surface area contributed by atoms with Crippen molar-refractivity contribution < 1.29 is 14.7 Å². The fourth-order valence-electron chi connectivity index (χ4n) is 3.36. The van der Waals surface area contributed by atoms with Gasteiger partial charge in [0, 0.05) is 29.6 Å². The Hall–Kier alpha value is -3.90. The van der Waals surface area contributed by atoms with Gasteiger partial charge in [0.25, 0.3) is 5.91 Å². The van der Waals surface area contributed by atoms with Crippen molar-refractivity contribution >= 4 is 28.4 Å². The minimum Gasteiger partial charge on any atom is -0.392 e. The van der Waals surface area contributed by atoms with Gasteiger partial charge in [0.2, 0.25) is 5.91 Å². The Kier molecular flexibility index (Phi) is 5.32. The summed E-state index contributed by atoms with van der Waals surface area (Å²) >= 11 is 0. The van der Waals surface area contributed by atoms with Crippen molar-refractivity contribution in [1.29, 1.82) is 0 Å². The van der Waals surface area contributed by atoms with Gasteiger partial charge in [-0.1, -0.05) is 36.4 Å². The number of hydrogen-bond donors (Lipinski definition) is 3. The summed E-state index contributed by atoms with van der Waals surface area (Å²) in [6.45, 7) is 0.700. The highest BCUT2D eigenvalue weighted by Crippen LogP contribution is 2.22. The zero-order valence-corrected chi connectivity index (χ0v) is 16.2. The summed E-state index contributed by atoms with van der Waals surface area (Å²) in [5.74, 6) is -0.883. The van der Waals surface area contributed by atoms with Crippen LogP contribution >= 0.6 is 0 Å². The van der Waals surface area contributed by atoms with Crippen molar-refractivity contribution in [3.8, 4) is 0 Å². The molecule has 4 rings (SSSR count). The van der Waals surface area contributed by atoms with E-state index in [1.807, 2.05) is 54.7 Å². The maximum absolute atomic E-state index is 12.6. The van der Waals surface area contributed by atoms with Crippen molar-refractivity contribution in [2.24, 2.45) is 5.73 Å². The molecule has 4 aromatic rings. The van der Waals surface area contributed by atoms with Crippen LogP contribution in [-0.2, 0) is 13.2 Å². The first-order chi connectivity index (χ1) is 14.5. The van der Waals surface area contributed by atoms with Crippen molar-refractivity contribution in [1.82, 2.24) is 4.57 Å². The lowest BCUT2D eigenvalue weighted by molar-refractivity contribution is 0.1000. The third-order valence-electron chi connectivity index (χ3n) is 5.00. The van der Waals surface area contributed by atoms with Crippen LogP contribution in [-0.4, -0.2) is 21.5 Å². The number of nitrogens with two attached hydrogens (primary N) is 1. The Bertz CT molecular complexity index is 1230. The molecule has 0 atom stereocenters. The van der Waals surface area contributed by atoms with Crippen LogP contribution in [0.15, 0.2) is 79.0 Å². The predicted molar refractivity (Wildman–Crippen MR) is 116 cm³/mol. The normalized spacial score (nSPS) is 10.8. The van der Waals surface area contributed by atoms with E-state index in [-0.39, 0.29) is 12.5 Å². The van der Waals surface area contributed by atoms with Gasteiger partial charge in [-0.25, -0.2) is 0 Å². The molecule has 30 heavy (non-hydrogen) atoms. The summed E-state index contributed by atoms with van der Waals surface area (Å²) in [7, 11) is 0. The third kappa shape index (κ3) is 4.09. The molecule has 150 valence electrons. The molecule has 0 aliphatic carbocycles. The second kappa shape index (κ2) is 8.23. The highest BCUT2D eigenvalue weighted by molar-refractivity contribution is 6.06. The molecule has 0 saturated heterocycles. The number of benzene rings is 3. The van der Waals surface area contributed by atoms with Crippen molar-refractivity contribution in [2.75, 3.05) is 5.32 Å². The molecule has 6 heteroatoms. The van der Waals surface area contributed by atoms with Crippen LogP contribution in [0.25, 0.3) is 10.9 Å². The van der Waals surface area contributed by atoms with Crippen LogP contribution in [0.5, 0.6) is 0 Å². The smallest absolute Gasteiger partial charge is 0.255 e. The van der Waals surface area contributed by atoms with Crippen LogP contribution in [0.2, 0.25) is 0 Å². The molecule has 1 heterocycles. The highest BCUT2D eigenvalue weighted by Gasteiger charge is 2.10. The largest absolute Gasteiger partial charge is 0.392 e. The van der Waals surface area contributed by atoms with Crippen LogP contribution in [0.3, 0.4) is 0 Å². The molecular formula is C24H21N3O3. The molecule has 0 fully saturated rings. The molecule has 0 saturated carbocycles. The first kappa shape index (κ1) is 19.4. The van der Waals surface area contributed by atoms with Crippen LogP contribution in [0.4, 0.5) is 5.69 Å². The van der Waals surface area contributed by atoms with E-state index in [4.69, 9.17) is 5.73 Å². The lowest BCUT2D eigenvalue weighted by Crippen LogP contribution is -2.15. The number of aromatic nitrogens is 1. The van der Waals surface area contributed by atoms with E-state index in [1.54, 1.807) is 18.2 Å². The highest BCUT2D eigenvalue weighted by atomic mass is 16.3. The number of aliphatic hydroxyl groups excluding tert-OH is 1. The average Bonchev–Trinajstić information content (AvgIpc) is 3.16. The fourth-order valence-corrected chi connectivity index (χ4v) is 3.36. The van der Waals surface area contributed by atoms with Gasteiger partial charge in [-0.15, -0.1) is 0 Å². The molecule has 4 N–H and O–H groups in total. The van der Waals surface area contributed by atoms with Gasteiger partial charge in [0.05, 0.1) is 12.1 Å². The van der Waals surface area contributed by atoms with Crippen LogP contribution < -0.4 is 11.1 Å². The van der Waals surface area contributed by atoms with E-state index >= 15 is 0 Å². The zero-order valence-electron chi connectivity index (χ0n) is 16.2. The summed E-state index contributed by atoms with van der Waals surface area (Å²) in [4.78, 5) is 24.0. The second-order valence-corrected chi connectivity index (χ2v) is 7.09. The summed E-state index contributed by atoms with van der Waals surface area (Å²) in [6, 6.07) is 21.9. The first-order valence-electron chi connectivity index (χ1n) is 9.52.